The molecule has 1 unspecified atom stereocenters. The Labute approximate surface area is 225 Å². The topological polar surface area (TPSA) is 111 Å². The molecule has 1 aliphatic rings. The maximum absolute atomic E-state index is 11.5. The van der Waals surface area contributed by atoms with Crippen molar-refractivity contribution in [1.82, 2.24) is 29.2 Å². The first-order valence-electron chi connectivity index (χ1n) is 12.9. The SMILES string of the molecule is COc1cnn(COCC[Si](C)(C)C)c1-c1cc(N2CCC(N(C)C(=O)O)C2)nc(-n2c(C)ccc2C)n1. The molecule has 1 N–H and O–H groups in total. The summed E-state index contributed by atoms with van der Waals surface area (Å²) >= 11 is 0. The predicted molar refractivity (Wildman–Crippen MR) is 149 cm³/mol. The molecule has 0 saturated carbocycles. The molecule has 206 valence electrons. The van der Waals surface area contributed by atoms with E-state index in [9.17, 15) is 9.90 Å². The van der Waals surface area contributed by atoms with Crippen molar-refractivity contribution >= 4 is 20.0 Å². The van der Waals surface area contributed by atoms with Crippen LogP contribution in [0.1, 0.15) is 17.8 Å². The van der Waals surface area contributed by atoms with Crippen LogP contribution >= 0.6 is 0 Å². The number of likely N-dealkylation sites (N-methyl/N-ethyl adjacent to an activating group) is 1. The summed E-state index contributed by atoms with van der Waals surface area (Å²) in [4.78, 5) is 24.9. The number of methoxy groups -OCH3 is 1. The van der Waals surface area contributed by atoms with E-state index in [0.717, 1.165) is 29.7 Å². The molecular weight excluding hydrogens is 502 g/mol. The summed E-state index contributed by atoms with van der Waals surface area (Å²) in [7, 11) is 2.02. The van der Waals surface area contributed by atoms with Crippen LogP contribution in [0.5, 0.6) is 5.75 Å². The highest BCUT2D eigenvalue weighted by Crippen LogP contribution is 2.33. The molecule has 11 nitrogen and oxygen atoms in total. The zero-order valence-electron chi connectivity index (χ0n) is 23.4. The molecule has 0 aromatic carbocycles. The van der Waals surface area contributed by atoms with Gasteiger partial charge in [0.05, 0.1) is 25.0 Å². The molecule has 4 rings (SSSR count). The molecule has 1 saturated heterocycles. The normalized spacial score (nSPS) is 15.8. The highest BCUT2D eigenvalue weighted by molar-refractivity contribution is 6.76. The first-order valence-corrected chi connectivity index (χ1v) is 16.6. The Kier molecular flexibility index (Phi) is 8.12. The maximum atomic E-state index is 11.5. The van der Waals surface area contributed by atoms with Crippen molar-refractivity contribution in [3.63, 3.8) is 0 Å². The standard InChI is InChI=1S/C26H39N7O4Si/c1-18-8-9-19(2)33(18)25-28-21(14-23(29-25)31-11-10-20(16-31)30(3)26(34)35)24-22(36-4)15-27-32(24)17-37-12-13-38(5,6)7/h8-9,14-15,20H,10-13,16-17H2,1-7H3,(H,34,35). The number of aromatic nitrogens is 5. The first kappa shape index (κ1) is 27.6. The van der Waals surface area contributed by atoms with Crippen molar-refractivity contribution in [3.8, 4) is 23.1 Å². The summed E-state index contributed by atoms with van der Waals surface area (Å²) in [6, 6.07) is 6.96. The van der Waals surface area contributed by atoms with E-state index >= 15 is 0 Å². The zero-order valence-corrected chi connectivity index (χ0v) is 24.4. The molecule has 1 atom stereocenters. The number of aryl methyl sites for hydroxylation is 2. The Bertz CT molecular complexity index is 1260. The van der Waals surface area contributed by atoms with E-state index in [1.807, 2.05) is 36.6 Å². The van der Waals surface area contributed by atoms with Crippen molar-refractivity contribution in [1.29, 1.82) is 0 Å². The minimum Gasteiger partial charge on any atom is -0.493 e. The van der Waals surface area contributed by atoms with Crippen molar-refractivity contribution in [3.05, 3.63) is 35.8 Å². The minimum atomic E-state index is -1.22. The Balaban J connectivity index is 1.73. The maximum Gasteiger partial charge on any atom is 0.407 e. The molecule has 0 spiro atoms. The molecule has 12 heteroatoms. The van der Waals surface area contributed by atoms with Crippen LogP contribution in [0.2, 0.25) is 25.7 Å². The number of hydrogen-bond acceptors (Lipinski definition) is 7. The Morgan fingerprint density at radius 3 is 2.55 bits per heavy atom. The van der Waals surface area contributed by atoms with Gasteiger partial charge < -0.3 is 24.4 Å². The lowest BCUT2D eigenvalue weighted by molar-refractivity contribution is 0.0796. The molecule has 0 aliphatic carbocycles. The van der Waals surface area contributed by atoms with E-state index in [1.165, 1.54) is 4.90 Å². The molecule has 38 heavy (non-hydrogen) atoms. The van der Waals surface area contributed by atoms with E-state index in [1.54, 1.807) is 25.0 Å². The second kappa shape index (κ2) is 11.2. The third-order valence-electron chi connectivity index (χ3n) is 6.99. The number of ether oxygens (including phenoxy) is 2. The zero-order chi connectivity index (χ0) is 27.6. The summed E-state index contributed by atoms with van der Waals surface area (Å²) in [5, 5.41) is 14.0. The van der Waals surface area contributed by atoms with Crippen LogP contribution in [0.3, 0.4) is 0 Å². The van der Waals surface area contributed by atoms with Crippen LogP contribution in [-0.2, 0) is 11.5 Å². The largest absolute Gasteiger partial charge is 0.493 e. The second-order valence-electron chi connectivity index (χ2n) is 11.1. The number of carboxylic acid groups (broad SMARTS) is 1. The van der Waals surface area contributed by atoms with Gasteiger partial charge >= 0.3 is 6.09 Å². The number of rotatable bonds is 10. The summed E-state index contributed by atoms with van der Waals surface area (Å²) in [6.45, 7) is 13.2. The number of amides is 1. The van der Waals surface area contributed by atoms with Crippen LogP contribution in [0.25, 0.3) is 17.3 Å². The molecule has 0 radical (unpaired) electrons. The van der Waals surface area contributed by atoms with Crippen molar-refractivity contribution in [2.75, 3.05) is 38.8 Å². The van der Waals surface area contributed by atoms with Gasteiger partial charge in [-0.1, -0.05) is 19.6 Å². The molecule has 3 aromatic rings. The molecule has 3 aromatic heterocycles. The Morgan fingerprint density at radius 1 is 1.21 bits per heavy atom. The van der Waals surface area contributed by atoms with Gasteiger partial charge in [-0.2, -0.15) is 10.1 Å². The Morgan fingerprint density at radius 2 is 1.92 bits per heavy atom. The third-order valence-corrected chi connectivity index (χ3v) is 8.69. The molecule has 1 aliphatic heterocycles. The lowest BCUT2D eigenvalue weighted by atomic mass is 10.2. The van der Waals surface area contributed by atoms with Gasteiger partial charge in [-0.15, -0.1) is 0 Å². The number of carbonyl (C=O) groups is 1. The quantitative estimate of drug-likeness (QED) is 0.299. The van der Waals surface area contributed by atoms with E-state index in [2.05, 4.69) is 29.6 Å². The molecule has 4 heterocycles. The molecular formula is C26H39N7O4Si. The highest BCUT2D eigenvalue weighted by atomic mass is 28.3. The monoisotopic (exact) mass is 541 g/mol. The molecule has 1 amide bonds. The first-order chi connectivity index (χ1) is 18.0. The highest BCUT2D eigenvalue weighted by Gasteiger charge is 2.30. The Hall–Kier alpha value is -3.38. The smallest absolute Gasteiger partial charge is 0.407 e. The van der Waals surface area contributed by atoms with Gasteiger partial charge in [0.1, 0.15) is 18.2 Å². The van der Waals surface area contributed by atoms with E-state index in [4.69, 9.17) is 19.4 Å². The predicted octanol–water partition coefficient (Wildman–Crippen LogP) is 4.26. The minimum absolute atomic E-state index is 0.107. The number of nitrogens with zero attached hydrogens (tertiary/aromatic N) is 7. The van der Waals surface area contributed by atoms with Gasteiger partial charge in [0.15, 0.2) is 5.75 Å². The molecule has 1 fully saturated rings. The lowest BCUT2D eigenvalue weighted by Crippen LogP contribution is -2.38. The van der Waals surface area contributed by atoms with Gasteiger partial charge in [0, 0.05) is 52.3 Å². The van der Waals surface area contributed by atoms with Gasteiger partial charge in [0.2, 0.25) is 5.95 Å². The van der Waals surface area contributed by atoms with E-state index in [-0.39, 0.29) is 12.8 Å². The van der Waals surface area contributed by atoms with Gasteiger partial charge in [-0.3, -0.25) is 4.57 Å². The average molecular weight is 542 g/mol. The fourth-order valence-corrected chi connectivity index (χ4v) is 5.37. The van der Waals surface area contributed by atoms with Gasteiger partial charge in [-0.25, -0.2) is 14.5 Å². The molecule has 0 bridgehead atoms. The van der Waals surface area contributed by atoms with Crippen LogP contribution in [0.15, 0.2) is 24.4 Å². The van der Waals surface area contributed by atoms with Gasteiger partial charge in [0.25, 0.3) is 0 Å². The van der Waals surface area contributed by atoms with Crippen LogP contribution in [-0.4, -0.2) is 88.4 Å². The summed E-state index contributed by atoms with van der Waals surface area (Å²) in [5.74, 6) is 1.87. The van der Waals surface area contributed by atoms with E-state index in [0.29, 0.717) is 42.8 Å². The van der Waals surface area contributed by atoms with Crippen molar-refractivity contribution in [2.45, 2.75) is 58.7 Å². The van der Waals surface area contributed by atoms with Crippen LogP contribution in [0.4, 0.5) is 10.6 Å². The summed E-state index contributed by atoms with van der Waals surface area (Å²) in [6.07, 6.45) is 1.48. The number of hydrogen-bond donors (Lipinski definition) is 1. The second-order valence-corrected chi connectivity index (χ2v) is 16.7. The van der Waals surface area contributed by atoms with Crippen molar-refractivity contribution < 1.29 is 19.4 Å². The van der Waals surface area contributed by atoms with E-state index < -0.39 is 14.2 Å². The fourth-order valence-electron chi connectivity index (χ4n) is 4.61. The van der Waals surface area contributed by atoms with Crippen LogP contribution < -0.4 is 9.64 Å². The van der Waals surface area contributed by atoms with Gasteiger partial charge in [-0.05, 0) is 38.4 Å². The average Bonchev–Trinajstić information content (AvgIpc) is 3.59. The third kappa shape index (κ3) is 6.02. The summed E-state index contributed by atoms with van der Waals surface area (Å²) < 4.78 is 15.5. The summed E-state index contributed by atoms with van der Waals surface area (Å²) in [5.41, 5.74) is 3.42. The van der Waals surface area contributed by atoms with Crippen molar-refractivity contribution in [2.24, 2.45) is 0 Å². The fraction of sp³-hybridized carbons (Fsp3) is 0.538. The lowest BCUT2D eigenvalue weighted by Gasteiger charge is -2.23. The number of anilines is 1. The van der Waals surface area contributed by atoms with Crippen LogP contribution in [0, 0.1) is 13.8 Å².